The summed E-state index contributed by atoms with van der Waals surface area (Å²) in [6.07, 6.45) is -5.51. The van der Waals surface area contributed by atoms with E-state index in [1.807, 2.05) is 0 Å². The Morgan fingerprint density at radius 1 is 1.06 bits per heavy atom. The third-order valence-corrected chi connectivity index (χ3v) is 6.00. The van der Waals surface area contributed by atoms with E-state index in [9.17, 15) is 29.2 Å². The molecule has 0 saturated carbocycles. The van der Waals surface area contributed by atoms with Gasteiger partial charge in [-0.1, -0.05) is 17.7 Å². The summed E-state index contributed by atoms with van der Waals surface area (Å²) >= 11 is 6.31. The van der Waals surface area contributed by atoms with Crippen LogP contribution in [0.25, 0.3) is 10.9 Å². The fourth-order valence-electron chi connectivity index (χ4n) is 4.03. The predicted molar refractivity (Wildman–Crippen MR) is 112 cm³/mol. The highest BCUT2D eigenvalue weighted by Gasteiger charge is 2.44. The van der Waals surface area contributed by atoms with Crippen LogP contribution < -0.4 is 4.74 Å². The number of ether oxygens (including phenoxy) is 2. The SMILES string of the molecule is COc1ccc(Cc2cn([C@@H]3O[C@H](CO)[C@@H](O)[C@H](O)[C@H]3O)c3c(Cl)cc(F)cc23)c(F)c1. The van der Waals surface area contributed by atoms with E-state index in [1.165, 1.54) is 30.0 Å². The molecular weight excluding hydrogens is 448 g/mol. The van der Waals surface area contributed by atoms with Crippen molar-refractivity contribution < 1.29 is 38.7 Å². The minimum Gasteiger partial charge on any atom is -0.497 e. The molecule has 5 atom stereocenters. The van der Waals surface area contributed by atoms with Gasteiger partial charge in [-0.25, -0.2) is 8.78 Å². The number of rotatable bonds is 5. The summed E-state index contributed by atoms with van der Waals surface area (Å²) in [7, 11) is 1.42. The largest absolute Gasteiger partial charge is 0.497 e. The highest BCUT2D eigenvalue weighted by molar-refractivity contribution is 6.35. The first-order valence-corrected chi connectivity index (χ1v) is 10.2. The quantitative estimate of drug-likeness (QED) is 0.456. The molecule has 0 spiro atoms. The van der Waals surface area contributed by atoms with E-state index in [-0.39, 0.29) is 11.4 Å². The zero-order valence-corrected chi connectivity index (χ0v) is 17.7. The van der Waals surface area contributed by atoms with Crippen molar-refractivity contribution in [3.05, 3.63) is 64.3 Å². The molecule has 0 aliphatic carbocycles. The van der Waals surface area contributed by atoms with Gasteiger partial charge < -0.3 is 34.5 Å². The normalized spacial score (nSPS) is 25.9. The van der Waals surface area contributed by atoms with Crippen molar-refractivity contribution in [2.24, 2.45) is 0 Å². The van der Waals surface area contributed by atoms with Gasteiger partial charge in [-0.3, -0.25) is 0 Å². The Morgan fingerprint density at radius 2 is 1.81 bits per heavy atom. The zero-order chi connectivity index (χ0) is 23.2. The van der Waals surface area contributed by atoms with E-state index in [4.69, 9.17) is 21.1 Å². The van der Waals surface area contributed by atoms with Gasteiger partial charge in [-0.2, -0.15) is 0 Å². The number of aliphatic hydroxyl groups excluding tert-OH is 4. The monoisotopic (exact) mass is 469 g/mol. The van der Waals surface area contributed by atoms with Gasteiger partial charge in [0, 0.05) is 24.1 Å². The molecule has 1 fully saturated rings. The van der Waals surface area contributed by atoms with Gasteiger partial charge in [-0.05, 0) is 29.3 Å². The summed E-state index contributed by atoms with van der Waals surface area (Å²) in [5.41, 5.74) is 1.10. The van der Waals surface area contributed by atoms with E-state index >= 15 is 0 Å². The minimum absolute atomic E-state index is 0.0124. The summed E-state index contributed by atoms with van der Waals surface area (Å²) in [6.45, 7) is -0.604. The van der Waals surface area contributed by atoms with Crippen LogP contribution in [0.2, 0.25) is 5.02 Å². The number of benzene rings is 2. The van der Waals surface area contributed by atoms with Crippen LogP contribution in [0.5, 0.6) is 5.75 Å². The Morgan fingerprint density at radius 3 is 2.47 bits per heavy atom. The van der Waals surface area contributed by atoms with Crippen LogP contribution in [0.1, 0.15) is 17.4 Å². The molecule has 0 unspecified atom stereocenters. The summed E-state index contributed by atoms with van der Waals surface area (Å²) < 4.78 is 40.8. The van der Waals surface area contributed by atoms with E-state index in [0.717, 1.165) is 6.07 Å². The smallest absolute Gasteiger partial charge is 0.163 e. The number of hydrogen-bond donors (Lipinski definition) is 4. The van der Waals surface area contributed by atoms with Crippen molar-refractivity contribution in [2.75, 3.05) is 13.7 Å². The molecule has 0 amide bonds. The Balaban J connectivity index is 1.83. The molecule has 32 heavy (non-hydrogen) atoms. The second-order valence-corrected chi connectivity index (χ2v) is 8.11. The van der Waals surface area contributed by atoms with Gasteiger partial charge in [-0.15, -0.1) is 0 Å². The summed E-state index contributed by atoms with van der Waals surface area (Å²) in [5.74, 6) is -0.768. The van der Waals surface area contributed by atoms with Crippen molar-refractivity contribution >= 4 is 22.5 Å². The lowest BCUT2D eigenvalue weighted by Gasteiger charge is -2.40. The number of halogens is 3. The van der Waals surface area contributed by atoms with E-state index in [2.05, 4.69) is 0 Å². The fourth-order valence-corrected chi connectivity index (χ4v) is 4.34. The first-order valence-electron chi connectivity index (χ1n) is 9.86. The third-order valence-electron chi connectivity index (χ3n) is 5.71. The molecule has 1 aliphatic heterocycles. The Labute approximate surface area is 187 Å². The Hall–Kier alpha value is -2.27. The van der Waals surface area contributed by atoms with Crippen molar-refractivity contribution in [3.8, 4) is 5.75 Å². The van der Waals surface area contributed by atoms with Crippen LogP contribution in [0, 0.1) is 11.6 Å². The lowest BCUT2D eigenvalue weighted by molar-refractivity contribution is -0.250. The second-order valence-electron chi connectivity index (χ2n) is 7.70. The van der Waals surface area contributed by atoms with Crippen LogP contribution in [-0.2, 0) is 11.2 Å². The highest BCUT2D eigenvalue weighted by Crippen LogP contribution is 2.37. The zero-order valence-electron chi connectivity index (χ0n) is 17.0. The maximum Gasteiger partial charge on any atom is 0.163 e. The molecule has 7 nitrogen and oxygen atoms in total. The summed E-state index contributed by atoms with van der Waals surface area (Å²) in [5, 5.41) is 40.7. The molecule has 4 N–H and O–H groups in total. The van der Waals surface area contributed by atoms with Crippen LogP contribution in [0.3, 0.4) is 0 Å². The highest BCUT2D eigenvalue weighted by atomic mass is 35.5. The van der Waals surface area contributed by atoms with E-state index < -0.39 is 48.9 Å². The lowest BCUT2D eigenvalue weighted by atomic mass is 9.98. The molecule has 1 saturated heterocycles. The molecule has 10 heteroatoms. The number of hydrogen-bond acceptors (Lipinski definition) is 6. The van der Waals surface area contributed by atoms with Crippen molar-refractivity contribution in [1.82, 2.24) is 4.57 Å². The number of aliphatic hydroxyl groups is 4. The number of aromatic nitrogens is 1. The summed E-state index contributed by atoms with van der Waals surface area (Å²) in [6, 6.07) is 6.70. The molecule has 2 heterocycles. The van der Waals surface area contributed by atoms with Gasteiger partial charge in [0.15, 0.2) is 6.23 Å². The van der Waals surface area contributed by atoms with Gasteiger partial charge in [0.1, 0.15) is 41.8 Å². The van der Waals surface area contributed by atoms with Gasteiger partial charge in [0.2, 0.25) is 0 Å². The lowest BCUT2D eigenvalue weighted by Crippen LogP contribution is -2.56. The first-order chi connectivity index (χ1) is 15.2. The van der Waals surface area contributed by atoms with E-state index in [1.54, 1.807) is 12.1 Å². The average molecular weight is 470 g/mol. The molecule has 1 aromatic heterocycles. The van der Waals surface area contributed by atoms with Crippen LogP contribution in [0.4, 0.5) is 8.78 Å². The van der Waals surface area contributed by atoms with Gasteiger partial charge in [0.05, 0.1) is 24.3 Å². The second kappa shape index (κ2) is 8.93. The fraction of sp³-hybridized carbons (Fsp3) is 0.364. The van der Waals surface area contributed by atoms with Crippen LogP contribution >= 0.6 is 11.6 Å². The predicted octanol–water partition coefficient (Wildman–Crippen LogP) is 2.14. The van der Waals surface area contributed by atoms with Crippen LogP contribution in [0.15, 0.2) is 36.5 Å². The maximum atomic E-state index is 14.6. The maximum absolute atomic E-state index is 14.6. The molecular formula is C22H22ClF2NO6. The average Bonchev–Trinajstić information content (AvgIpc) is 3.12. The number of fused-ring (bicyclic) bond motifs is 1. The van der Waals surface area contributed by atoms with Crippen molar-refractivity contribution in [3.63, 3.8) is 0 Å². The number of nitrogens with zero attached hydrogens (tertiary/aromatic N) is 1. The molecule has 4 rings (SSSR count). The summed E-state index contributed by atoms with van der Waals surface area (Å²) in [4.78, 5) is 0. The standard InChI is InChI=1S/C22H22ClF2NO6/c1-31-13-3-2-10(16(25)7-13)4-11-8-26(18-14(11)5-12(24)6-15(18)23)22-21(30)20(29)19(28)17(9-27)32-22/h2-3,5-8,17,19-22,27-30H,4,9H2,1H3/t17-,19-,20+,21-,22-/m1/s1. The molecule has 3 aromatic rings. The van der Waals surface area contributed by atoms with Gasteiger partial charge >= 0.3 is 0 Å². The topological polar surface area (TPSA) is 104 Å². The van der Waals surface area contributed by atoms with Crippen molar-refractivity contribution in [1.29, 1.82) is 0 Å². The molecule has 1 aliphatic rings. The number of methoxy groups -OCH3 is 1. The third kappa shape index (κ3) is 3.96. The Kier molecular flexibility index (Phi) is 6.39. The molecule has 0 bridgehead atoms. The Bertz CT molecular complexity index is 1140. The van der Waals surface area contributed by atoms with E-state index in [0.29, 0.717) is 27.8 Å². The minimum atomic E-state index is -1.61. The molecule has 2 aromatic carbocycles. The van der Waals surface area contributed by atoms with Crippen molar-refractivity contribution in [2.45, 2.75) is 37.1 Å². The first kappa shape index (κ1) is 22.9. The molecule has 172 valence electrons. The molecule has 0 radical (unpaired) electrons. The van der Waals surface area contributed by atoms with Crippen LogP contribution in [-0.4, -0.2) is 63.1 Å². The van der Waals surface area contributed by atoms with Gasteiger partial charge in [0.25, 0.3) is 0 Å².